The second-order valence-corrected chi connectivity index (χ2v) is 11.2. The molecule has 0 aliphatic carbocycles. The molecule has 4 aromatic carbocycles. The van der Waals surface area contributed by atoms with E-state index in [1.54, 1.807) is 72.8 Å². The molecule has 1 amide bonds. The molecule has 0 bridgehead atoms. The van der Waals surface area contributed by atoms with Crippen LogP contribution in [0.2, 0.25) is 0 Å². The minimum atomic E-state index is -4.66. The number of aliphatic hydroxyl groups excluding tert-OH is 1. The molecule has 0 saturated carbocycles. The van der Waals surface area contributed by atoms with Crippen LogP contribution in [-0.4, -0.2) is 35.7 Å². The van der Waals surface area contributed by atoms with Crippen LogP contribution >= 0.6 is 0 Å². The summed E-state index contributed by atoms with van der Waals surface area (Å²) in [5, 5.41) is 19.3. The summed E-state index contributed by atoms with van der Waals surface area (Å²) in [5.74, 6) is -0.191. The van der Waals surface area contributed by atoms with Crippen LogP contribution < -0.4 is 10.1 Å². The van der Waals surface area contributed by atoms with E-state index in [2.05, 4.69) is 25.4 Å². The van der Waals surface area contributed by atoms with Crippen molar-refractivity contribution in [1.29, 1.82) is 0 Å². The minimum Gasteiger partial charge on any atom is -0.494 e. The summed E-state index contributed by atoms with van der Waals surface area (Å²) in [6.45, 7) is -0.258. The number of hydrogen-bond acceptors (Lipinski definition) is 7. The number of aliphatic hydroxyl groups is 1. The highest BCUT2D eigenvalue weighted by Crippen LogP contribution is 2.46. The number of rotatable bonds is 14. The van der Waals surface area contributed by atoms with Crippen LogP contribution in [0.4, 0.5) is 18.9 Å². The van der Waals surface area contributed by atoms with Gasteiger partial charge in [-0.3, -0.25) is 4.79 Å². The number of hydrogen-bond donors (Lipinski definition) is 2. The Labute approximate surface area is 284 Å². The van der Waals surface area contributed by atoms with E-state index < -0.39 is 35.8 Å². The van der Waals surface area contributed by atoms with E-state index in [-0.39, 0.29) is 36.7 Å². The third-order valence-corrected chi connectivity index (χ3v) is 8.05. The van der Waals surface area contributed by atoms with Crippen molar-refractivity contribution < 1.29 is 32.5 Å². The van der Waals surface area contributed by atoms with Gasteiger partial charge in [0.25, 0.3) is 5.91 Å². The molecule has 1 aliphatic rings. The summed E-state index contributed by atoms with van der Waals surface area (Å²) in [7, 11) is 0. The van der Waals surface area contributed by atoms with Gasteiger partial charge in [0.05, 0.1) is 18.7 Å². The molecule has 0 spiro atoms. The van der Waals surface area contributed by atoms with Crippen LogP contribution in [0.1, 0.15) is 45.9 Å². The minimum absolute atomic E-state index is 0.0284. The van der Waals surface area contributed by atoms with Crippen LogP contribution in [-0.2, 0) is 35.2 Å². The van der Waals surface area contributed by atoms with E-state index in [1.165, 1.54) is 18.2 Å². The summed E-state index contributed by atoms with van der Waals surface area (Å²) in [4.78, 5) is 25.4. The van der Waals surface area contributed by atoms with E-state index in [9.17, 15) is 23.5 Å². The summed E-state index contributed by atoms with van der Waals surface area (Å²) in [5.41, 5.74) is 17.6. The largest absolute Gasteiger partial charge is 0.494 e. The molecule has 1 heterocycles. The lowest BCUT2D eigenvalue weighted by Crippen LogP contribution is -2.50. The molecule has 2 atom stereocenters. The van der Waals surface area contributed by atoms with Crippen molar-refractivity contribution in [3.05, 3.63) is 151 Å². The zero-order valence-electron chi connectivity index (χ0n) is 26.5. The third kappa shape index (κ3) is 7.99. The molecule has 0 aromatic heterocycles. The van der Waals surface area contributed by atoms with Gasteiger partial charge in [-0.15, -0.1) is 0 Å². The van der Waals surface area contributed by atoms with Gasteiger partial charge in [0.15, 0.2) is 11.6 Å². The molecule has 256 valence electrons. The second kappa shape index (κ2) is 15.9. The number of carbonyl (C=O) groups excluding carboxylic acids is 1. The highest BCUT2D eigenvalue weighted by molar-refractivity contribution is 6.01. The highest BCUT2D eigenvalue weighted by Gasteiger charge is 2.54. The predicted molar refractivity (Wildman–Crippen MR) is 178 cm³/mol. The Morgan fingerprint density at radius 1 is 0.940 bits per heavy atom. The SMILES string of the molecule is [N-]=[N+]=NCc1ccccc1C[C@@]1(C(=O)NCc2ccccc2C(F)(F)F)N=C(c2ccc(OCCCO)cc2)O[C@@H]1c1ccccc1N=[N+]=[N-]. The first kappa shape index (κ1) is 35.3. The van der Waals surface area contributed by atoms with Gasteiger partial charge in [0.1, 0.15) is 5.75 Å². The van der Waals surface area contributed by atoms with Crippen LogP contribution in [0.25, 0.3) is 20.9 Å². The van der Waals surface area contributed by atoms with E-state index in [0.717, 1.165) is 6.07 Å². The maximum absolute atomic E-state index is 14.7. The number of benzene rings is 4. The fraction of sp³-hybridized carbons (Fsp3) is 0.257. The Morgan fingerprint density at radius 3 is 2.32 bits per heavy atom. The molecule has 0 saturated heterocycles. The van der Waals surface area contributed by atoms with Crippen molar-refractivity contribution in [1.82, 2.24) is 5.32 Å². The smallest absolute Gasteiger partial charge is 0.416 e. The standard InChI is InChI=1S/C35H31F3N8O4/c36-35(37,38)29-12-5-3-10-26(29)21-41-33(48)34(20-24-8-1-2-9-25(24)22-42-45-39)31(28-11-4-6-13-30(28)44-46-40)50-32(43-34)23-14-16-27(17-15-23)49-19-7-18-47/h1-6,8-17,31,47H,7,18-22H2,(H,41,48)/t31-,34-/m1/s1. The summed E-state index contributed by atoms with van der Waals surface area (Å²) < 4.78 is 53.8. The van der Waals surface area contributed by atoms with E-state index in [1.807, 2.05) is 0 Å². The predicted octanol–water partition coefficient (Wildman–Crippen LogP) is 8.03. The van der Waals surface area contributed by atoms with E-state index in [4.69, 9.17) is 25.1 Å². The highest BCUT2D eigenvalue weighted by atomic mass is 19.4. The number of amides is 1. The Morgan fingerprint density at radius 2 is 1.62 bits per heavy atom. The van der Waals surface area contributed by atoms with Crippen molar-refractivity contribution in [2.45, 2.75) is 43.8 Å². The number of azide groups is 2. The summed E-state index contributed by atoms with van der Waals surface area (Å²) in [6.07, 6.45) is -5.59. The molecule has 15 heteroatoms. The lowest BCUT2D eigenvalue weighted by molar-refractivity contribution is -0.138. The number of nitrogens with zero attached hydrogens (tertiary/aromatic N) is 7. The number of nitrogens with one attached hydrogen (secondary N) is 1. The van der Waals surface area contributed by atoms with Crippen LogP contribution in [0.5, 0.6) is 5.75 Å². The number of ether oxygens (including phenoxy) is 2. The zero-order valence-corrected chi connectivity index (χ0v) is 26.5. The van der Waals surface area contributed by atoms with Crippen molar-refractivity contribution in [3.8, 4) is 5.75 Å². The maximum atomic E-state index is 14.7. The van der Waals surface area contributed by atoms with E-state index >= 15 is 0 Å². The average Bonchev–Trinajstić information content (AvgIpc) is 3.51. The second-order valence-electron chi connectivity index (χ2n) is 11.2. The van der Waals surface area contributed by atoms with Gasteiger partial charge < -0.3 is 19.9 Å². The molecule has 12 nitrogen and oxygen atoms in total. The number of carbonyl (C=O) groups is 1. The molecule has 0 fully saturated rings. The molecular weight excluding hydrogens is 653 g/mol. The third-order valence-electron chi connectivity index (χ3n) is 8.05. The van der Waals surface area contributed by atoms with Crippen molar-refractivity contribution >= 4 is 17.5 Å². The average molecular weight is 685 g/mol. The number of aliphatic imine (C=N–C) groups is 1. The Hall–Kier alpha value is -6.01. The summed E-state index contributed by atoms with van der Waals surface area (Å²) >= 11 is 0. The lowest BCUT2D eigenvalue weighted by Gasteiger charge is -2.32. The molecule has 4 aromatic rings. The molecule has 50 heavy (non-hydrogen) atoms. The lowest BCUT2D eigenvalue weighted by atomic mass is 9.80. The fourth-order valence-electron chi connectivity index (χ4n) is 5.67. The van der Waals surface area contributed by atoms with Gasteiger partial charge in [-0.05, 0) is 58.1 Å². The van der Waals surface area contributed by atoms with Crippen molar-refractivity contribution in [2.24, 2.45) is 15.2 Å². The maximum Gasteiger partial charge on any atom is 0.416 e. The first-order valence-corrected chi connectivity index (χ1v) is 15.5. The number of halogens is 3. The Balaban J connectivity index is 1.66. The van der Waals surface area contributed by atoms with Crippen LogP contribution in [0, 0.1) is 0 Å². The molecule has 5 rings (SSSR count). The molecule has 2 N–H and O–H groups in total. The van der Waals surface area contributed by atoms with E-state index in [0.29, 0.717) is 41.0 Å². The van der Waals surface area contributed by atoms with Gasteiger partial charge >= 0.3 is 6.18 Å². The topological polar surface area (TPSA) is 178 Å². The van der Waals surface area contributed by atoms with Gasteiger partial charge in [0, 0.05) is 52.6 Å². The first-order valence-electron chi connectivity index (χ1n) is 15.5. The van der Waals surface area contributed by atoms with Gasteiger partial charge in [0.2, 0.25) is 5.90 Å². The Kier molecular flexibility index (Phi) is 11.2. The fourth-order valence-corrected chi connectivity index (χ4v) is 5.67. The molecule has 0 unspecified atom stereocenters. The Bertz CT molecular complexity index is 1960. The quantitative estimate of drug-likeness (QED) is 0.0591. The summed E-state index contributed by atoms with van der Waals surface area (Å²) in [6, 6.07) is 25.1. The van der Waals surface area contributed by atoms with Crippen LogP contribution in [0.3, 0.4) is 0 Å². The van der Waals surface area contributed by atoms with Gasteiger partial charge in [-0.2, -0.15) is 13.2 Å². The van der Waals surface area contributed by atoms with Crippen LogP contribution in [0.15, 0.2) is 112 Å². The molecule has 1 aliphatic heterocycles. The zero-order chi connectivity index (χ0) is 35.6. The van der Waals surface area contributed by atoms with Crippen molar-refractivity contribution in [2.75, 3.05) is 13.2 Å². The number of alkyl halides is 3. The van der Waals surface area contributed by atoms with Crippen molar-refractivity contribution in [3.63, 3.8) is 0 Å². The normalized spacial score (nSPS) is 16.7. The van der Waals surface area contributed by atoms with Gasteiger partial charge in [-0.25, -0.2) is 4.99 Å². The molecule has 0 radical (unpaired) electrons. The monoisotopic (exact) mass is 684 g/mol. The molecular formula is C35H31F3N8O4. The first-order chi connectivity index (χ1) is 24.2. The van der Waals surface area contributed by atoms with Gasteiger partial charge in [-0.1, -0.05) is 77.0 Å².